The summed E-state index contributed by atoms with van der Waals surface area (Å²) in [6.07, 6.45) is 1.92. The molecule has 1 heterocycles. The highest BCUT2D eigenvalue weighted by Crippen LogP contribution is 2.10. The number of hydrogen-bond acceptors (Lipinski definition) is 3. The molecule has 0 radical (unpaired) electrons. The SMILES string of the molecule is C[C@H](CCN1CCCC1=O)NC(=O)OCc1ccccc1. The van der Waals surface area contributed by atoms with Crippen molar-refractivity contribution in [3.05, 3.63) is 35.9 Å². The van der Waals surface area contributed by atoms with E-state index in [1.165, 1.54) is 0 Å². The first-order valence-electron chi connectivity index (χ1n) is 7.40. The van der Waals surface area contributed by atoms with Crippen molar-refractivity contribution in [2.45, 2.75) is 38.8 Å². The van der Waals surface area contributed by atoms with E-state index < -0.39 is 6.09 Å². The first-order chi connectivity index (χ1) is 10.1. The Kier molecular flexibility index (Phi) is 5.60. The molecule has 1 atom stereocenters. The summed E-state index contributed by atoms with van der Waals surface area (Å²) >= 11 is 0. The number of carbonyl (C=O) groups is 2. The number of carbonyl (C=O) groups excluding carboxylic acids is 2. The molecule has 1 aliphatic rings. The van der Waals surface area contributed by atoms with E-state index in [0.29, 0.717) is 13.0 Å². The molecule has 1 aromatic rings. The molecule has 21 heavy (non-hydrogen) atoms. The maximum atomic E-state index is 11.7. The lowest BCUT2D eigenvalue weighted by atomic mass is 10.2. The van der Waals surface area contributed by atoms with Crippen LogP contribution in [0.25, 0.3) is 0 Å². The van der Waals surface area contributed by atoms with Gasteiger partial charge in [-0.2, -0.15) is 0 Å². The number of amides is 2. The second-order valence-corrected chi connectivity index (χ2v) is 5.38. The fraction of sp³-hybridized carbons (Fsp3) is 0.500. The van der Waals surface area contributed by atoms with Gasteiger partial charge >= 0.3 is 6.09 Å². The molecular formula is C16H22N2O3. The van der Waals surface area contributed by atoms with Crippen LogP contribution in [0, 0.1) is 0 Å². The van der Waals surface area contributed by atoms with E-state index in [2.05, 4.69) is 5.32 Å². The van der Waals surface area contributed by atoms with Crippen LogP contribution in [0.1, 0.15) is 31.7 Å². The van der Waals surface area contributed by atoms with Crippen molar-refractivity contribution in [3.8, 4) is 0 Å². The summed E-state index contributed by atoms with van der Waals surface area (Å²) < 4.78 is 5.16. The molecule has 0 unspecified atom stereocenters. The Hall–Kier alpha value is -2.04. The van der Waals surface area contributed by atoms with Crippen molar-refractivity contribution in [2.24, 2.45) is 0 Å². The number of benzene rings is 1. The van der Waals surface area contributed by atoms with Crippen LogP contribution >= 0.6 is 0 Å². The Bertz CT molecular complexity index is 476. The molecule has 1 aromatic carbocycles. The van der Waals surface area contributed by atoms with Crippen LogP contribution in [-0.4, -0.2) is 36.0 Å². The van der Waals surface area contributed by atoms with Crippen molar-refractivity contribution in [3.63, 3.8) is 0 Å². The molecule has 1 aliphatic heterocycles. The average Bonchev–Trinajstić information content (AvgIpc) is 2.89. The molecule has 5 nitrogen and oxygen atoms in total. The minimum atomic E-state index is -0.417. The zero-order chi connectivity index (χ0) is 15.1. The van der Waals surface area contributed by atoms with Crippen LogP contribution in [0.5, 0.6) is 0 Å². The molecule has 0 saturated carbocycles. The summed E-state index contributed by atoms with van der Waals surface area (Å²) in [5.74, 6) is 0.217. The zero-order valence-electron chi connectivity index (χ0n) is 12.4. The number of likely N-dealkylation sites (tertiary alicyclic amines) is 1. The molecule has 0 aromatic heterocycles. The average molecular weight is 290 g/mol. The Morgan fingerprint density at radius 2 is 2.14 bits per heavy atom. The predicted octanol–water partition coefficient (Wildman–Crippen LogP) is 2.31. The van der Waals surface area contributed by atoms with Gasteiger partial charge in [-0.3, -0.25) is 4.79 Å². The quantitative estimate of drug-likeness (QED) is 0.874. The summed E-state index contributed by atoms with van der Waals surface area (Å²) in [5, 5.41) is 2.79. The lowest BCUT2D eigenvalue weighted by Gasteiger charge is -2.19. The van der Waals surface area contributed by atoms with Gasteiger partial charge in [-0.15, -0.1) is 0 Å². The van der Waals surface area contributed by atoms with E-state index in [0.717, 1.165) is 24.9 Å². The molecule has 114 valence electrons. The summed E-state index contributed by atoms with van der Waals surface area (Å²) in [6.45, 7) is 3.72. The molecule has 1 saturated heterocycles. The smallest absolute Gasteiger partial charge is 0.407 e. The molecule has 2 amide bonds. The second kappa shape index (κ2) is 7.67. The minimum absolute atomic E-state index is 0.0123. The molecule has 0 bridgehead atoms. The monoisotopic (exact) mass is 290 g/mol. The maximum Gasteiger partial charge on any atom is 0.407 e. The van der Waals surface area contributed by atoms with Gasteiger partial charge in [-0.25, -0.2) is 4.79 Å². The Morgan fingerprint density at radius 1 is 1.38 bits per heavy atom. The van der Waals surface area contributed by atoms with E-state index in [1.807, 2.05) is 42.2 Å². The molecule has 0 aliphatic carbocycles. The van der Waals surface area contributed by atoms with E-state index in [-0.39, 0.29) is 18.6 Å². The zero-order valence-corrected chi connectivity index (χ0v) is 12.4. The normalized spacial score (nSPS) is 15.9. The van der Waals surface area contributed by atoms with Crippen LogP contribution in [0.15, 0.2) is 30.3 Å². The number of nitrogens with zero attached hydrogens (tertiary/aromatic N) is 1. The molecule has 0 spiro atoms. The van der Waals surface area contributed by atoms with Gasteiger partial charge in [0.2, 0.25) is 5.91 Å². The van der Waals surface area contributed by atoms with Gasteiger partial charge in [0.1, 0.15) is 6.61 Å². The molecule has 1 fully saturated rings. The first kappa shape index (κ1) is 15.4. The number of ether oxygens (including phenoxy) is 1. The van der Waals surface area contributed by atoms with E-state index >= 15 is 0 Å². The maximum absolute atomic E-state index is 11.7. The highest BCUT2D eigenvalue weighted by molar-refractivity contribution is 5.78. The van der Waals surface area contributed by atoms with Crippen LogP contribution in [0.2, 0.25) is 0 Å². The first-order valence-corrected chi connectivity index (χ1v) is 7.40. The van der Waals surface area contributed by atoms with Gasteiger partial charge in [0.15, 0.2) is 0 Å². The van der Waals surface area contributed by atoms with Crippen molar-refractivity contribution in [2.75, 3.05) is 13.1 Å². The highest BCUT2D eigenvalue weighted by Gasteiger charge is 2.20. The standard InChI is InChI=1S/C16H22N2O3/c1-13(9-11-18-10-5-8-15(18)19)17-16(20)21-12-14-6-3-2-4-7-14/h2-4,6-7,13H,5,8-12H2,1H3,(H,17,20)/t13-/m1/s1. The third kappa shape index (κ3) is 5.10. The number of hydrogen-bond donors (Lipinski definition) is 1. The second-order valence-electron chi connectivity index (χ2n) is 5.38. The van der Waals surface area contributed by atoms with E-state index in [9.17, 15) is 9.59 Å². The van der Waals surface area contributed by atoms with Crippen LogP contribution < -0.4 is 5.32 Å². The Balaban J connectivity index is 1.64. The lowest BCUT2D eigenvalue weighted by molar-refractivity contribution is -0.127. The largest absolute Gasteiger partial charge is 0.445 e. The number of alkyl carbamates (subject to hydrolysis) is 1. The van der Waals surface area contributed by atoms with Crippen LogP contribution in [0.3, 0.4) is 0 Å². The van der Waals surface area contributed by atoms with Crippen molar-refractivity contribution < 1.29 is 14.3 Å². The van der Waals surface area contributed by atoms with Gasteiger partial charge in [-0.1, -0.05) is 30.3 Å². The summed E-state index contributed by atoms with van der Waals surface area (Å²) in [7, 11) is 0. The lowest BCUT2D eigenvalue weighted by Crippen LogP contribution is -2.36. The van der Waals surface area contributed by atoms with Crippen LogP contribution in [-0.2, 0) is 16.1 Å². The van der Waals surface area contributed by atoms with Gasteiger partial charge in [0.25, 0.3) is 0 Å². The molecule has 1 N–H and O–H groups in total. The topological polar surface area (TPSA) is 58.6 Å². The van der Waals surface area contributed by atoms with Gasteiger partial charge in [0, 0.05) is 25.6 Å². The third-order valence-electron chi connectivity index (χ3n) is 3.58. The number of nitrogens with one attached hydrogen (secondary N) is 1. The van der Waals surface area contributed by atoms with E-state index in [1.54, 1.807) is 0 Å². The molecular weight excluding hydrogens is 268 g/mol. The van der Waals surface area contributed by atoms with Crippen molar-refractivity contribution in [1.29, 1.82) is 0 Å². The fourth-order valence-corrected chi connectivity index (χ4v) is 2.33. The number of rotatable bonds is 6. The van der Waals surface area contributed by atoms with Crippen LogP contribution in [0.4, 0.5) is 4.79 Å². The minimum Gasteiger partial charge on any atom is -0.445 e. The predicted molar refractivity (Wildman–Crippen MR) is 79.7 cm³/mol. The summed E-state index contributed by atoms with van der Waals surface area (Å²) in [4.78, 5) is 25.0. The third-order valence-corrected chi connectivity index (χ3v) is 3.58. The Labute approximate surface area is 125 Å². The Morgan fingerprint density at radius 3 is 2.81 bits per heavy atom. The summed E-state index contributed by atoms with van der Waals surface area (Å²) in [6, 6.07) is 9.55. The summed E-state index contributed by atoms with van der Waals surface area (Å²) in [5.41, 5.74) is 0.961. The van der Waals surface area contributed by atoms with Crippen molar-refractivity contribution in [1.82, 2.24) is 10.2 Å². The van der Waals surface area contributed by atoms with Gasteiger partial charge in [0.05, 0.1) is 0 Å². The van der Waals surface area contributed by atoms with E-state index in [4.69, 9.17) is 4.74 Å². The van der Waals surface area contributed by atoms with Gasteiger partial charge < -0.3 is 15.0 Å². The van der Waals surface area contributed by atoms with Crippen molar-refractivity contribution >= 4 is 12.0 Å². The molecule has 2 rings (SSSR count). The highest BCUT2D eigenvalue weighted by atomic mass is 16.5. The molecule has 5 heteroatoms. The van der Waals surface area contributed by atoms with Gasteiger partial charge in [-0.05, 0) is 25.3 Å². The fourth-order valence-electron chi connectivity index (χ4n) is 2.33.